The molecule has 0 N–H and O–H groups in total. The molecule has 0 bridgehead atoms. The topological polar surface area (TPSA) is 3.24 Å². The summed E-state index contributed by atoms with van der Waals surface area (Å²) >= 11 is 0. The lowest BCUT2D eigenvalue weighted by Crippen LogP contribution is -2.30. The van der Waals surface area contributed by atoms with E-state index in [9.17, 15) is 0 Å². The number of rotatable bonds is 4. The first kappa shape index (κ1) is 11.2. The van der Waals surface area contributed by atoms with Crippen molar-refractivity contribution in [1.29, 1.82) is 0 Å². The first-order valence-corrected chi connectivity index (χ1v) is 5.98. The average molecular weight is 173 g/mol. The van der Waals surface area contributed by atoms with Gasteiger partial charge in [-0.2, -0.15) is 0 Å². The first-order chi connectivity index (χ1) is 4.95. The van der Waals surface area contributed by atoms with Crippen molar-refractivity contribution in [1.82, 2.24) is 4.57 Å². The minimum Gasteiger partial charge on any atom is -0.331 e. The van der Waals surface area contributed by atoms with E-state index in [4.69, 9.17) is 0 Å². The van der Waals surface area contributed by atoms with Gasteiger partial charge in [0, 0.05) is 0 Å². The summed E-state index contributed by atoms with van der Waals surface area (Å²) in [6, 6.07) is 0. The molecule has 0 aromatic carbocycles. The Labute approximate surface area is 74.1 Å². The van der Waals surface area contributed by atoms with E-state index in [0.29, 0.717) is 5.04 Å². The molecular formula is C9H23NSi. The SMILES string of the molecule is CCCCN(C)[SiH2]C(C)(C)C. The zero-order valence-electron chi connectivity index (χ0n) is 8.78. The van der Waals surface area contributed by atoms with Gasteiger partial charge in [0.2, 0.25) is 0 Å². The van der Waals surface area contributed by atoms with Crippen LogP contribution in [0.1, 0.15) is 40.5 Å². The van der Waals surface area contributed by atoms with E-state index in [2.05, 4.69) is 39.3 Å². The van der Waals surface area contributed by atoms with E-state index in [1.54, 1.807) is 0 Å². The van der Waals surface area contributed by atoms with E-state index >= 15 is 0 Å². The Hall–Kier alpha value is 0.177. The summed E-state index contributed by atoms with van der Waals surface area (Å²) in [6.45, 7) is 10.6. The van der Waals surface area contributed by atoms with Crippen molar-refractivity contribution in [3.8, 4) is 0 Å². The first-order valence-electron chi connectivity index (χ1n) is 4.64. The van der Waals surface area contributed by atoms with Crippen molar-refractivity contribution in [3.63, 3.8) is 0 Å². The van der Waals surface area contributed by atoms with E-state index < -0.39 is 0 Å². The predicted molar refractivity (Wildman–Crippen MR) is 55.8 cm³/mol. The second-order valence-electron chi connectivity index (χ2n) is 4.65. The third kappa shape index (κ3) is 8.08. The van der Waals surface area contributed by atoms with Crippen LogP contribution >= 0.6 is 0 Å². The zero-order valence-corrected chi connectivity index (χ0v) is 10.2. The third-order valence-electron chi connectivity index (χ3n) is 1.64. The summed E-state index contributed by atoms with van der Waals surface area (Å²) in [5, 5.41) is 0.586. The van der Waals surface area contributed by atoms with Crippen LogP contribution in [0.15, 0.2) is 0 Å². The normalized spacial score (nSPS) is 13.6. The molecule has 68 valence electrons. The maximum atomic E-state index is 2.56. The Morgan fingerprint density at radius 1 is 1.27 bits per heavy atom. The van der Waals surface area contributed by atoms with Gasteiger partial charge in [0.15, 0.2) is 0 Å². The minimum absolute atomic E-state index is 0.0130. The van der Waals surface area contributed by atoms with Crippen LogP contribution in [0, 0.1) is 0 Å². The van der Waals surface area contributed by atoms with Crippen molar-refractivity contribution in [2.45, 2.75) is 45.6 Å². The Bertz CT molecular complexity index is 96.2. The Morgan fingerprint density at radius 2 is 1.82 bits per heavy atom. The Kier molecular flexibility index (Phi) is 5.02. The molecule has 0 aliphatic rings. The van der Waals surface area contributed by atoms with Gasteiger partial charge in [-0.25, -0.2) is 0 Å². The van der Waals surface area contributed by atoms with Gasteiger partial charge in [-0.05, 0) is 25.1 Å². The highest BCUT2D eigenvalue weighted by Gasteiger charge is 2.13. The number of hydrogen-bond acceptors (Lipinski definition) is 1. The molecule has 1 nitrogen and oxygen atoms in total. The summed E-state index contributed by atoms with van der Waals surface area (Å²) in [5.74, 6) is 0. The van der Waals surface area contributed by atoms with Gasteiger partial charge in [0.05, 0.1) is 9.68 Å². The van der Waals surface area contributed by atoms with Crippen molar-refractivity contribution in [2.75, 3.05) is 13.6 Å². The van der Waals surface area contributed by atoms with Crippen molar-refractivity contribution in [2.24, 2.45) is 0 Å². The van der Waals surface area contributed by atoms with Crippen molar-refractivity contribution in [3.05, 3.63) is 0 Å². The Morgan fingerprint density at radius 3 is 2.18 bits per heavy atom. The summed E-state index contributed by atoms with van der Waals surface area (Å²) in [4.78, 5) is 0. The highest BCUT2D eigenvalue weighted by Crippen LogP contribution is 2.20. The summed E-state index contributed by atoms with van der Waals surface area (Å²) in [6.07, 6.45) is 2.68. The van der Waals surface area contributed by atoms with Gasteiger partial charge in [0.1, 0.15) is 0 Å². The molecule has 0 amide bonds. The van der Waals surface area contributed by atoms with Crippen molar-refractivity contribution >= 4 is 9.68 Å². The van der Waals surface area contributed by atoms with Crippen LogP contribution in [0.25, 0.3) is 0 Å². The number of nitrogens with zero attached hydrogens (tertiary/aromatic N) is 1. The largest absolute Gasteiger partial charge is 0.331 e. The molecule has 0 aromatic heterocycles. The molecule has 0 unspecified atom stereocenters. The number of unbranched alkanes of at least 4 members (excludes halogenated alkanes) is 1. The second-order valence-corrected chi connectivity index (χ2v) is 8.17. The fourth-order valence-electron chi connectivity index (χ4n) is 1.32. The van der Waals surface area contributed by atoms with Gasteiger partial charge in [-0.1, -0.05) is 34.1 Å². The van der Waals surface area contributed by atoms with Crippen LogP contribution in [-0.4, -0.2) is 27.8 Å². The van der Waals surface area contributed by atoms with E-state index in [1.165, 1.54) is 19.4 Å². The average Bonchev–Trinajstić information content (AvgIpc) is 1.79. The summed E-state index contributed by atoms with van der Waals surface area (Å²) in [7, 11) is 2.26. The molecule has 0 rings (SSSR count). The maximum absolute atomic E-state index is 2.56. The van der Waals surface area contributed by atoms with Crippen LogP contribution in [0.5, 0.6) is 0 Å². The molecule has 11 heavy (non-hydrogen) atoms. The molecule has 0 fully saturated rings. The quantitative estimate of drug-likeness (QED) is 0.588. The predicted octanol–water partition coefficient (Wildman–Crippen LogP) is 2.02. The van der Waals surface area contributed by atoms with Gasteiger partial charge in [-0.15, -0.1) is 0 Å². The molecule has 0 heterocycles. The van der Waals surface area contributed by atoms with Gasteiger partial charge in [0.25, 0.3) is 0 Å². The standard InChI is InChI=1S/C9H23NSi/c1-6-7-8-10(5)11-9(2,3)4/h6-8,11H2,1-5H3. The lowest BCUT2D eigenvalue weighted by Gasteiger charge is -2.25. The molecular weight excluding hydrogens is 150 g/mol. The van der Waals surface area contributed by atoms with Crippen LogP contribution < -0.4 is 0 Å². The van der Waals surface area contributed by atoms with Crippen molar-refractivity contribution < 1.29 is 0 Å². The fourth-order valence-corrected chi connectivity index (χ4v) is 3.32. The molecule has 0 aliphatic heterocycles. The van der Waals surface area contributed by atoms with Crippen LogP contribution in [0.4, 0.5) is 0 Å². The van der Waals surface area contributed by atoms with E-state index in [-0.39, 0.29) is 9.68 Å². The summed E-state index contributed by atoms with van der Waals surface area (Å²) < 4.78 is 2.56. The molecule has 0 radical (unpaired) electrons. The number of hydrogen-bond donors (Lipinski definition) is 0. The monoisotopic (exact) mass is 173 g/mol. The molecule has 0 aliphatic carbocycles. The highest BCUT2D eigenvalue weighted by molar-refractivity contribution is 6.36. The summed E-state index contributed by atoms with van der Waals surface area (Å²) in [5.41, 5.74) is 0. The van der Waals surface area contributed by atoms with Gasteiger partial charge in [-0.3, -0.25) is 0 Å². The molecule has 0 aromatic rings. The molecule has 0 saturated heterocycles. The third-order valence-corrected chi connectivity index (χ3v) is 3.44. The van der Waals surface area contributed by atoms with Crippen LogP contribution in [0.3, 0.4) is 0 Å². The van der Waals surface area contributed by atoms with Crippen LogP contribution in [0.2, 0.25) is 5.04 Å². The zero-order chi connectivity index (χ0) is 8.91. The fraction of sp³-hybridized carbons (Fsp3) is 1.00. The molecule has 0 spiro atoms. The Balaban J connectivity index is 3.44. The molecule has 0 saturated carbocycles. The molecule has 2 heteroatoms. The molecule has 0 atom stereocenters. The van der Waals surface area contributed by atoms with Gasteiger partial charge < -0.3 is 4.57 Å². The van der Waals surface area contributed by atoms with Crippen LogP contribution in [-0.2, 0) is 0 Å². The van der Waals surface area contributed by atoms with E-state index in [0.717, 1.165) is 0 Å². The van der Waals surface area contributed by atoms with E-state index in [1.807, 2.05) is 0 Å². The highest BCUT2D eigenvalue weighted by atomic mass is 28.2. The minimum atomic E-state index is -0.0130. The maximum Gasteiger partial charge on any atom is 0.1000 e. The lowest BCUT2D eigenvalue weighted by molar-refractivity contribution is 0.487. The van der Waals surface area contributed by atoms with Gasteiger partial charge >= 0.3 is 0 Å². The second kappa shape index (κ2) is 4.94. The lowest BCUT2D eigenvalue weighted by atomic mass is 10.3. The smallest absolute Gasteiger partial charge is 0.1000 e.